The summed E-state index contributed by atoms with van der Waals surface area (Å²) in [5, 5.41) is 22.2. The second-order valence-electron chi connectivity index (χ2n) is 9.73. The van der Waals surface area contributed by atoms with Crippen LogP contribution in [0.2, 0.25) is 0 Å². The normalized spacial score (nSPS) is 17.9. The molecule has 194 valence electrons. The highest BCUT2D eigenvalue weighted by molar-refractivity contribution is 9.10. The highest BCUT2D eigenvalue weighted by atomic mass is 79.9. The number of benzene rings is 1. The van der Waals surface area contributed by atoms with E-state index in [0.717, 1.165) is 74.0 Å². The third-order valence-electron chi connectivity index (χ3n) is 7.23. The van der Waals surface area contributed by atoms with Crippen molar-refractivity contribution in [2.24, 2.45) is 11.8 Å². The van der Waals surface area contributed by atoms with Gasteiger partial charge in [-0.15, -0.1) is 11.3 Å². The second kappa shape index (κ2) is 12.2. The number of hydrogen-bond acceptors (Lipinski definition) is 6. The Hall–Kier alpha value is -2.39. The number of ether oxygens (including phenoxy) is 1. The van der Waals surface area contributed by atoms with Gasteiger partial charge in [-0.05, 0) is 65.2 Å². The van der Waals surface area contributed by atoms with Crippen LogP contribution < -0.4 is 10.1 Å². The zero-order valence-corrected chi connectivity index (χ0v) is 22.5. The Kier molecular flexibility index (Phi) is 9.06. The lowest BCUT2D eigenvalue weighted by Gasteiger charge is -2.34. The number of hydrogen-bond donors (Lipinski definition) is 3. The molecule has 0 amide bonds. The molecule has 2 fully saturated rings. The third kappa shape index (κ3) is 6.29. The molecule has 0 saturated heterocycles. The van der Waals surface area contributed by atoms with Gasteiger partial charge in [0.25, 0.3) is 0 Å². The molecule has 1 atom stereocenters. The fourth-order valence-corrected chi connectivity index (χ4v) is 7.33. The average molecular weight is 579 g/mol. The first-order valence-corrected chi connectivity index (χ1v) is 14.3. The number of Topliss-reactive ketones (excluding diaryl/α,β-unsaturated/α-hetero) is 1. The van der Waals surface area contributed by atoms with Crippen LogP contribution in [0.25, 0.3) is 10.4 Å². The van der Waals surface area contributed by atoms with Crippen molar-refractivity contribution in [3.63, 3.8) is 0 Å². The number of aromatic carboxylic acids is 1. The first-order chi connectivity index (χ1) is 17.3. The first-order valence-electron chi connectivity index (χ1n) is 12.7. The molecule has 2 saturated carbocycles. The maximum atomic E-state index is 13.7. The minimum absolute atomic E-state index is 0.0100. The quantitative estimate of drug-likeness (QED) is 0.283. The fourth-order valence-electron chi connectivity index (χ4n) is 5.44. The predicted octanol–water partition coefficient (Wildman–Crippen LogP) is 6.85. The Morgan fingerprint density at radius 3 is 2.33 bits per heavy atom. The largest absolute Gasteiger partial charge is 0.479 e. The molecular formula is C27H32BrNO6S. The van der Waals surface area contributed by atoms with Gasteiger partial charge in [-0.25, -0.2) is 9.59 Å². The van der Waals surface area contributed by atoms with Crippen molar-refractivity contribution in [2.45, 2.75) is 70.3 Å². The molecule has 36 heavy (non-hydrogen) atoms. The highest BCUT2D eigenvalue weighted by Gasteiger charge is 2.34. The summed E-state index contributed by atoms with van der Waals surface area (Å²) >= 11 is 4.45. The number of thiophene rings is 1. The molecule has 2 aromatic rings. The molecule has 4 rings (SSSR count). The van der Waals surface area contributed by atoms with Crippen LogP contribution in [-0.4, -0.2) is 40.6 Å². The number of rotatable bonds is 10. The summed E-state index contributed by atoms with van der Waals surface area (Å²) in [6, 6.07) is 7.39. The van der Waals surface area contributed by atoms with Crippen LogP contribution in [0.5, 0.6) is 5.75 Å². The van der Waals surface area contributed by atoms with Crippen molar-refractivity contribution >= 4 is 50.7 Å². The number of nitrogens with one attached hydrogen (secondary N) is 1. The molecule has 0 radical (unpaired) electrons. The molecule has 1 unspecified atom stereocenters. The van der Waals surface area contributed by atoms with Crippen LogP contribution >= 0.6 is 27.3 Å². The number of anilines is 1. The molecule has 2 aliphatic carbocycles. The Labute approximate surface area is 223 Å². The van der Waals surface area contributed by atoms with Crippen LogP contribution in [0, 0.1) is 11.8 Å². The summed E-state index contributed by atoms with van der Waals surface area (Å²) in [6.07, 6.45) is 11.0. The minimum Gasteiger partial charge on any atom is -0.479 e. The van der Waals surface area contributed by atoms with Crippen molar-refractivity contribution in [3.05, 3.63) is 33.6 Å². The van der Waals surface area contributed by atoms with E-state index in [0.29, 0.717) is 21.1 Å². The van der Waals surface area contributed by atoms with Crippen LogP contribution in [0.3, 0.4) is 0 Å². The van der Waals surface area contributed by atoms with E-state index in [9.17, 15) is 19.5 Å². The van der Waals surface area contributed by atoms with Gasteiger partial charge in [0.1, 0.15) is 0 Å². The van der Waals surface area contributed by atoms with Gasteiger partial charge in [0.15, 0.2) is 23.0 Å². The zero-order valence-electron chi connectivity index (χ0n) is 20.1. The second-order valence-corrected chi connectivity index (χ2v) is 11.5. The molecule has 0 spiro atoms. The molecule has 9 heteroatoms. The van der Waals surface area contributed by atoms with Gasteiger partial charge >= 0.3 is 11.9 Å². The Morgan fingerprint density at radius 2 is 1.69 bits per heavy atom. The van der Waals surface area contributed by atoms with Gasteiger partial charge < -0.3 is 20.3 Å². The fraction of sp³-hybridized carbons (Fsp3) is 0.519. The van der Waals surface area contributed by atoms with Gasteiger partial charge in [0, 0.05) is 11.6 Å². The molecule has 3 N–H and O–H groups in total. The maximum absolute atomic E-state index is 13.7. The lowest BCUT2D eigenvalue weighted by Crippen LogP contribution is -2.42. The van der Waals surface area contributed by atoms with E-state index >= 15 is 0 Å². The van der Waals surface area contributed by atoms with E-state index in [1.54, 1.807) is 0 Å². The Bertz CT molecular complexity index is 1100. The number of aliphatic carboxylic acids is 1. The van der Waals surface area contributed by atoms with Gasteiger partial charge in [-0.3, -0.25) is 4.79 Å². The summed E-state index contributed by atoms with van der Waals surface area (Å²) in [5.41, 5.74) is 1.58. The van der Waals surface area contributed by atoms with E-state index in [2.05, 4.69) is 21.2 Å². The number of carbonyl (C=O) groups is 3. The molecule has 0 bridgehead atoms. The standard InChI is InChI=1S/C27H32BrNO6S/c28-21-24(35-15-20(30)31)26(27(33)34)36-25(21)18-12-7-13-19(14-18)29-22(16-8-3-1-4-9-16)23(32)17-10-5-2-6-11-17/h7,12-14,16-17,22,29H,1-6,8-11,15H2,(H,30,31)(H,33,34). The van der Waals surface area contributed by atoms with E-state index in [4.69, 9.17) is 9.84 Å². The van der Waals surface area contributed by atoms with E-state index in [1.165, 1.54) is 12.8 Å². The third-order valence-corrected chi connectivity index (χ3v) is 9.45. The Balaban J connectivity index is 1.61. The summed E-state index contributed by atoms with van der Waals surface area (Å²) in [5.74, 6) is -1.58. The number of carbonyl (C=O) groups excluding carboxylic acids is 1. The molecule has 0 aliphatic heterocycles. The van der Waals surface area contributed by atoms with Crippen molar-refractivity contribution in [2.75, 3.05) is 11.9 Å². The molecular weight excluding hydrogens is 546 g/mol. The predicted molar refractivity (Wildman–Crippen MR) is 143 cm³/mol. The van der Waals surface area contributed by atoms with Crippen molar-refractivity contribution in [1.82, 2.24) is 0 Å². The van der Waals surface area contributed by atoms with E-state index < -0.39 is 18.5 Å². The molecule has 1 aromatic heterocycles. The molecule has 1 aromatic carbocycles. The summed E-state index contributed by atoms with van der Waals surface area (Å²) in [6.45, 7) is -0.636. The monoisotopic (exact) mass is 577 g/mol. The Morgan fingerprint density at radius 1 is 1.03 bits per heavy atom. The van der Waals surface area contributed by atoms with E-state index in [-0.39, 0.29) is 22.6 Å². The lowest BCUT2D eigenvalue weighted by atomic mass is 9.76. The molecule has 2 aliphatic rings. The van der Waals surface area contributed by atoms with Crippen LogP contribution in [0.1, 0.15) is 73.9 Å². The first kappa shape index (κ1) is 26.7. The van der Waals surface area contributed by atoms with Crippen molar-refractivity contribution in [1.29, 1.82) is 0 Å². The summed E-state index contributed by atoms with van der Waals surface area (Å²) in [4.78, 5) is 37.0. The van der Waals surface area contributed by atoms with Crippen LogP contribution in [0.15, 0.2) is 28.7 Å². The summed E-state index contributed by atoms with van der Waals surface area (Å²) < 4.78 is 5.70. The average Bonchev–Trinajstić information content (AvgIpc) is 3.23. The number of carboxylic acids is 2. The van der Waals surface area contributed by atoms with Gasteiger partial charge in [0.05, 0.1) is 15.4 Å². The number of carboxylic acid groups (broad SMARTS) is 2. The highest BCUT2D eigenvalue weighted by Crippen LogP contribution is 2.46. The van der Waals surface area contributed by atoms with Crippen molar-refractivity contribution < 1.29 is 29.3 Å². The van der Waals surface area contributed by atoms with Crippen LogP contribution in [0.4, 0.5) is 5.69 Å². The minimum atomic E-state index is -1.19. The SMILES string of the molecule is O=C(O)COc1c(C(=O)O)sc(-c2cccc(NC(C(=O)C3CCCCC3)C3CCCCC3)c2)c1Br. The van der Waals surface area contributed by atoms with E-state index in [1.807, 2.05) is 24.3 Å². The maximum Gasteiger partial charge on any atom is 0.349 e. The van der Waals surface area contributed by atoms with Crippen molar-refractivity contribution in [3.8, 4) is 16.2 Å². The lowest BCUT2D eigenvalue weighted by molar-refractivity contribution is -0.139. The van der Waals surface area contributed by atoms with Gasteiger partial charge in [-0.2, -0.15) is 0 Å². The number of halogens is 1. The smallest absolute Gasteiger partial charge is 0.349 e. The van der Waals surface area contributed by atoms with Crippen LogP contribution in [-0.2, 0) is 9.59 Å². The summed E-state index contributed by atoms with van der Waals surface area (Å²) in [7, 11) is 0. The zero-order chi connectivity index (χ0) is 25.7. The topological polar surface area (TPSA) is 113 Å². The molecule has 1 heterocycles. The van der Waals surface area contributed by atoms with Gasteiger partial charge in [0.2, 0.25) is 0 Å². The number of ketones is 1. The molecule has 7 nitrogen and oxygen atoms in total. The van der Waals surface area contributed by atoms with Gasteiger partial charge in [-0.1, -0.05) is 50.7 Å².